The number of rotatable bonds is 4. The molecule has 2 heterocycles. The van der Waals surface area contributed by atoms with E-state index in [0.29, 0.717) is 0 Å². The van der Waals surface area contributed by atoms with Crippen LogP contribution in [0.25, 0.3) is 49.9 Å². The first-order chi connectivity index (χ1) is 24.0. The maximum absolute atomic E-state index is 6.48. The molecular weight excluding hydrogens is 597 g/mol. The Morgan fingerprint density at radius 3 is 2.06 bits per heavy atom. The van der Waals surface area contributed by atoms with E-state index in [1.807, 2.05) is 6.07 Å². The Bertz CT molecular complexity index is 2480. The molecule has 0 saturated carbocycles. The standard InChI is InChI=1S/C46H36N2O/c1-46(2)39-21-10-9-20-35(39)36-28-38-37-27-33(24-25-43(37)49-44(38)29-40(36)46)32-18-13-19-34(26-32)45-47-41(30-14-5-3-6-15-30)22-11-12-23-42(48-45)31-16-7-4-8-17-31/h3-10,13-22,24-29H,11-12,23H2,1-2H3/b41-22-,47-45?,48-42?. The highest BCUT2D eigenvalue weighted by molar-refractivity contribution is 6.14. The third-order valence-electron chi connectivity index (χ3n) is 10.2. The Labute approximate surface area is 287 Å². The quantitative estimate of drug-likeness (QED) is 0.190. The van der Waals surface area contributed by atoms with Crippen LogP contribution in [0.3, 0.4) is 0 Å². The average molecular weight is 633 g/mol. The first kappa shape index (κ1) is 29.3. The SMILES string of the molecule is CC1(C)c2ccccc2-c2cc3c(cc21)oc1ccc(-c2cccc(C4=N/C(c5ccccc5)=C\CCCC(c5ccccc5)=N4)c2)cc13. The second-order valence-corrected chi connectivity index (χ2v) is 13.7. The first-order valence-corrected chi connectivity index (χ1v) is 17.2. The summed E-state index contributed by atoms with van der Waals surface area (Å²) >= 11 is 0. The summed E-state index contributed by atoms with van der Waals surface area (Å²) < 4.78 is 6.48. The van der Waals surface area contributed by atoms with E-state index in [0.717, 1.165) is 86.3 Å². The molecule has 6 aromatic carbocycles. The molecule has 0 atom stereocenters. The normalized spacial score (nSPS) is 16.5. The van der Waals surface area contributed by atoms with Gasteiger partial charge in [0.05, 0.1) is 11.4 Å². The smallest absolute Gasteiger partial charge is 0.160 e. The number of aliphatic imine (C=N–C) groups is 2. The van der Waals surface area contributed by atoms with Crippen LogP contribution in [0, 0.1) is 0 Å². The highest BCUT2D eigenvalue weighted by atomic mass is 16.3. The zero-order valence-corrected chi connectivity index (χ0v) is 27.8. The van der Waals surface area contributed by atoms with Crippen molar-refractivity contribution in [2.45, 2.75) is 38.5 Å². The lowest BCUT2D eigenvalue weighted by Gasteiger charge is -2.21. The molecule has 9 rings (SSSR count). The van der Waals surface area contributed by atoms with E-state index in [1.165, 1.54) is 22.3 Å². The molecule has 0 spiro atoms. The van der Waals surface area contributed by atoms with E-state index >= 15 is 0 Å². The summed E-state index contributed by atoms with van der Waals surface area (Å²) in [5.74, 6) is 0.726. The lowest BCUT2D eigenvalue weighted by molar-refractivity contribution is 0.647. The zero-order chi connectivity index (χ0) is 33.0. The van der Waals surface area contributed by atoms with Crippen LogP contribution in [0.2, 0.25) is 0 Å². The van der Waals surface area contributed by atoms with Crippen LogP contribution in [0.5, 0.6) is 0 Å². The van der Waals surface area contributed by atoms with Gasteiger partial charge in [-0.05, 0) is 94.1 Å². The Kier molecular flexibility index (Phi) is 7.02. The third-order valence-corrected chi connectivity index (χ3v) is 10.2. The van der Waals surface area contributed by atoms with Crippen molar-refractivity contribution in [2.24, 2.45) is 9.98 Å². The van der Waals surface area contributed by atoms with E-state index in [-0.39, 0.29) is 5.41 Å². The summed E-state index contributed by atoms with van der Waals surface area (Å²) in [6.07, 6.45) is 5.10. The number of allylic oxidation sites excluding steroid dienone is 1. The second kappa shape index (κ2) is 11.7. The van der Waals surface area contributed by atoms with Gasteiger partial charge in [0.25, 0.3) is 0 Å². The second-order valence-electron chi connectivity index (χ2n) is 13.7. The molecule has 2 aliphatic rings. The molecule has 236 valence electrons. The monoisotopic (exact) mass is 632 g/mol. The fourth-order valence-corrected chi connectivity index (χ4v) is 7.62. The molecule has 1 aromatic heterocycles. The molecule has 7 aromatic rings. The van der Waals surface area contributed by atoms with Crippen LogP contribution in [-0.4, -0.2) is 11.5 Å². The highest BCUT2D eigenvalue weighted by Crippen LogP contribution is 2.50. The first-order valence-electron chi connectivity index (χ1n) is 17.2. The Morgan fingerprint density at radius 2 is 1.22 bits per heavy atom. The molecule has 0 N–H and O–H groups in total. The molecule has 0 amide bonds. The van der Waals surface area contributed by atoms with E-state index in [2.05, 4.69) is 153 Å². The molecular formula is C46H36N2O. The van der Waals surface area contributed by atoms with Crippen molar-refractivity contribution in [2.75, 3.05) is 0 Å². The lowest BCUT2D eigenvalue weighted by atomic mass is 9.82. The molecule has 1 aliphatic carbocycles. The minimum atomic E-state index is -0.0676. The largest absolute Gasteiger partial charge is 0.456 e. The van der Waals surface area contributed by atoms with Crippen LogP contribution < -0.4 is 0 Å². The topological polar surface area (TPSA) is 37.9 Å². The maximum Gasteiger partial charge on any atom is 0.160 e. The summed E-state index contributed by atoms with van der Waals surface area (Å²) in [4.78, 5) is 10.6. The predicted octanol–water partition coefficient (Wildman–Crippen LogP) is 12.0. The van der Waals surface area contributed by atoms with Gasteiger partial charge in [-0.3, -0.25) is 0 Å². The maximum atomic E-state index is 6.48. The van der Waals surface area contributed by atoms with Gasteiger partial charge in [0, 0.05) is 21.8 Å². The van der Waals surface area contributed by atoms with Crippen LogP contribution in [-0.2, 0) is 5.41 Å². The number of nitrogens with zero attached hydrogens (tertiary/aromatic N) is 2. The Hall–Kier alpha value is -5.80. The van der Waals surface area contributed by atoms with Crippen molar-refractivity contribution < 1.29 is 4.42 Å². The van der Waals surface area contributed by atoms with E-state index in [1.54, 1.807) is 0 Å². The minimum absolute atomic E-state index is 0.0676. The summed E-state index contributed by atoms with van der Waals surface area (Å²) in [5.41, 5.74) is 14.6. The van der Waals surface area contributed by atoms with Crippen molar-refractivity contribution >= 4 is 39.2 Å². The number of hydrogen-bond acceptors (Lipinski definition) is 3. The van der Waals surface area contributed by atoms with Gasteiger partial charge in [0.15, 0.2) is 5.84 Å². The third kappa shape index (κ3) is 5.14. The van der Waals surface area contributed by atoms with Crippen molar-refractivity contribution in [1.29, 1.82) is 0 Å². The fourth-order valence-electron chi connectivity index (χ4n) is 7.62. The fraction of sp³-hybridized carbons (Fsp3) is 0.130. The van der Waals surface area contributed by atoms with E-state index < -0.39 is 0 Å². The van der Waals surface area contributed by atoms with Gasteiger partial charge in [0.2, 0.25) is 0 Å². The molecule has 1 aliphatic heterocycles. The predicted molar refractivity (Wildman–Crippen MR) is 205 cm³/mol. The summed E-state index contributed by atoms with van der Waals surface area (Å²) in [5, 5.41) is 2.27. The van der Waals surface area contributed by atoms with Crippen LogP contribution in [0.1, 0.15) is 60.9 Å². The van der Waals surface area contributed by atoms with Gasteiger partial charge >= 0.3 is 0 Å². The average Bonchev–Trinajstić information content (AvgIpc) is 3.65. The molecule has 0 saturated heterocycles. The highest BCUT2D eigenvalue weighted by Gasteiger charge is 2.36. The molecule has 3 heteroatoms. The van der Waals surface area contributed by atoms with Gasteiger partial charge in [-0.15, -0.1) is 0 Å². The van der Waals surface area contributed by atoms with Gasteiger partial charge in [-0.1, -0.05) is 129 Å². The van der Waals surface area contributed by atoms with Crippen molar-refractivity contribution in [1.82, 2.24) is 0 Å². The number of furan rings is 1. The minimum Gasteiger partial charge on any atom is -0.456 e. The molecule has 0 radical (unpaired) electrons. The van der Waals surface area contributed by atoms with E-state index in [4.69, 9.17) is 14.4 Å². The number of benzene rings is 6. The van der Waals surface area contributed by atoms with Crippen molar-refractivity contribution in [3.8, 4) is 22.3 Å². The van der Waals surface area contributed by atoms with Gasteiger partial charge in [0.1, 0.15) is 11.2 Å². The van der Waals surface area contributed by atoms with Crippen molar-refractivity contribution in [3.63, 3.8) is 0 Å². The number of hydrogen-bond donors (Lipinski definition) is 0. The van der Waals surface area contributed by atoms with Crippen LogP contribution in [0.15, 0.2) is 160 Å². The Morgan fingerprint density at radius 1 is 0.531 bits per heavy atom. The number of amidine groups is 1. The summed E-state index contributed by atoms with van der Waals surface area (Å²) in [6, 6.07) is 49.6. The van der Waals surface area contributed by atoms with Crippen LogP contribution in [0.4, 0.5) is 0 Å². The van der Waals surface area contributed by atoms with E-state index in [9.17, 15) is 0 Å². The molecule has 3 nitrogen and oxygen atoms in total. The summed E-state index contributed by atoms with van der Waals surface area (Å²) in [6.45, 7) is 4.62. The lowest BCUT2D eigenvalue weighted by Crippen LogP contribution is -2.14. The molecule has 0 fully saturated rings. The zero-order valence-electron chi connectivity index (χ0n) is 27.8. The van der Waals surface area contributed by atoms with Gasteiger partial charge < -0.3 is 4.42 Å². The van der Waals surface area contributed by atoms with Crippen molar-refractivity contribution in [3.05, 3.63) is 173 Å². The summed E-state index contributed by atoms with van der Waals surface area (Å²) in [7, 11) is 0. The van der Waals surface area contributed by atoms with Gasteiger partial charge in [-0.25, -0.2) is 9.98 Å². The number of fused-ring (bicyclic) bond motifs is 6. The molecule has 0 unspecified atom stereocenters. The van der Waals surface area contributed by atoms with Gasteiger partial charge in [-0.2, -0.15) is 0 Å². The Balaban J connectivity index is 1.17. The molecule has 49 heavy (non-hydrogen) atoms. The van der Waals surface area contributed by atoms with Crippen LogP contribution >= 0.6 is 0 Å². The molecule has 0 bridgehead atoms.